The maximum atomic E-state index is 12.6. The van der Waals surface area contributed by atoms with Gasteiger partial charge in [-0.3, -0.25) is 4.79 Å². The van der Waals surface area contributed by atoms with E-state index in [1.165, 1.54) is 0 Å². The van der Waals surface area contributed by atoms with Gasteiger partial charge in [0.1, 0.15) is 0 Å². The van der Waals surface area contributed by atoms with Crippen LogP contribution in [0.25, 0.3) is 5.69 Å². The molecule has 1 saturated heterocycles. The first kappa shape index (κ1) is 18.8. The molecule has 24 heavy (non-hydrogen) atoms. The zero-order valence-corrected chi connectivity index (χ0v) is 15.1. The molecule has 1 aromatic carbocycles. The van der Waals surface area contributed by atoms with Crippen molar-refractivity contribution in [1.29, 1.82) is 0 Å². The Morgan fingerprint density at radius 1 is 1.38 bits per heavy atom. The van der Waals surface area contributed by atoms with Crippen molar-refractivity contribution in [2.75, 3.05) is 13.1 Å². The summed E-state index contributed by atoms with van der Waals surface area (Å²) < 4.78 is 1.67. The summed E-state index contributed by atoms with van der Waals surface area (Å²) in [6, 6.07) is 7.58. The molecule has 7 heteroatoms. The predicted octanol–water partition coefficient (Wildman–Crippen LogP) is 3.15. The predicted molar refractivity (Wildman–Crippen MR) is 98.1 cm³/mol. The molecule has 1 aliphatic heterocycles. The fourth-order valence-electron chi connectivity index (χ4n) is 3.00. The zero-order valence-electron chi connectivity index (χ0n) is 13.6. The SMILES string of the molecule is CC(N)C1CCN(C(=O)c2cnn(-c3cccc(Cl)c3)c2)CC1.Cl. The fraction of sp³-hybridized carbons (Fsp3) is 0.412. The molecule has 5 nitrogen and oxygen atoms in total. The van der Waals surface area contributed by atoms with Gasteiger partial charge in [-0.2, -0.15) is 5.10 Å². The smallest absolute Gasteiger partial charge is 0.257 e. The van der Waals surface area contributed by atoms with Crippen LogP contribution in [0.1, 0.15) is 30.1 Å². The minimum atomic E-state index is 0. The minimum absolute atomic E-state index is 0. The van der Waals surface area contributed by atoms with Gasteiger partial charge in [0, 0.05) is 30.4 Å². The average Bonchev–Trinajstić information content (AvgIpc) is 3.04. The molecule has 1 amide bonds. The van der Waals surface area contributed by atoms with Crippen LogP contribution in [0.5, 0.6) is 0 Å². The van der Waals surface area contributed by atoms with Gasteiger partial charge in [0.25, 0.3) is 5.91 Å². The van der Waals surface area contributed by atoms with Crippen LogP contribution in [-0.2, 0) is 0 Å². The Hall–Kier alpha value is -1.56. The average molecular weight is 369 g/mol. The van der Waals surface area contributed by atoms with Crippen molar-refractivity contribution in [3.05, 3.63) is 47.2 Å². The van der Waals surface area contributed by atoms with Crippen molar-refractivity contribution in [3.63, 3.8) is 0 Å². The summed E-state index contributed by atoms with van der Waals surface area (Å²) in [6.45, 7) is 3.55. The van der Waals surface area contributed by atoms with E-state index in [0.717, 1.165) is 31.6 Å². The van der Waals surface area contributed by atoms with E-state index in [4.69, 9.17) is 17.3 Å². The maximum Gasteiger partial charge on any atom is 0.257 e. The van der Waals surface area contributed by atoms with Gasteiger partial charge in [0.2, 0.25) is 0 Å². The van der Waals surface area contributed by atoms with E-state index in [2.05, 4.69) is 5.10 Å². The fourth-order valence-corrected chi connectivity index (χ4v) is 3.19. The molecule has 2 heterocycles. The van der Waals surface area contributed by atoms with Crippen molar-refractivity contribution in [3.8, 4) is 5.69 Å². The van der Waals surface area contributed by atoms with Crippen LogP contribution in [-0.4, -0.2) is 39.7 Å². The summed E-state index contributed by atoms with van der Waals surface area (Å²) in [5, 5.41) is 4.92. The first-order valence-corrected chi connectivity index (χ1v) is 8.28. The lowest BCUT2D eigenvalue weighted by molar-refractivity contribution is 0.0681. The molecule has 1 fully saturated rings. The van der Waals surface area contributed by atoms with Gasteiger partial charge >= 0.3 is 0 Å². The molecule has 1 atom stereocenters. The highest BCUT2D eigenvalue weighted by molar-refractivity contribution is 6.30. The number of nitrogens with two attached hydrogens (primary N) is 1. The van der Waals surface area contributed by atoms with Crippen LogP contribution >= 0.6 is 24.0 Å². The Bertz CT molecular complexity index is 693. The second-order valence-corrected chi connectivity index (χ2v) is 6.58. The van der Waals surface area contributed by atoms with Crippen molar-refractivity contribution < 1.29 is 4.79 Å². The Morgan fingerprint density at radius 2 is 2.08 bits per heavy atom. The van der Waals surface area contributed by atoms with Crippen LogP contribution in [0, 0.1) is 5.92 Å². The monoisotopic (exact) mass is 368 g/mol. The number of carbonyl (C=O) groups excluding carboxylic acids is 1. The van der Waals surface area contributed by atoms with Crippen LogP contribution in [0.15, 0.2) is 36.7 Å². The van der Waals surface area contributed by atoms with Gasteiger partial charge in [0.05, 0.1) is 17.4 Å². The summed E-state index contributed by atoms with van der Waals surface area (Å²) in [4.78, 5) is 14.5. The minimum Gasteiger partial charge on any atom is -0.339 e. The number of piperidine rings is 1. The second-order valence-electron chi connectivity index (χ2n) is 6.14. The van der Waals surface area contributed by atoms with Gasteiger partial charge in [-0.05, 0) is 43.9 Å². The Kier molecular flexibility index (Phi) is 6.27. The third-order valence-corrected chi connectivity index (χ3v) is 4.71. The molecule has 1 aliphatic rings. The van der Waals surface area contributed by atoms with Crippen molar-refractivity contribution in [1.82, 2.24) is 14.7 Å². The van der Waals surface area contributed by atoms with Gasteiger partial charge in [-0.25, -0.2) is 4.68 Å². The topological polar surface area (TPSA) is 64.2 Å². The highest BCUT2D eigenvalue weighted by Gasteiger charge is 2.26. The highest BCUT2D eigenvalue weighted by Crippen LogP contribution is 2.21. The lowest BCUT2D eigenvalue weighted by atomic mass is 9.91. The molecule has 1 aromatic heterocycles. The van der Waals surface area contributed by atoms with Crippen LogP contribution in [0.3, 0.4) is 0 Å². The van der Waals surface area contributed by atoms with E-state index >= 15 is 0 Å². The van der Waals surface area contributed by atoms with Crippen molar-refractivity contribution >= 4 is 29.9 Å². The van der Waals surface area contributed by atoms with E-state index in [0.29, 0.717) is 16.5 Å². The molecule has 2 aromatic rings. The second kappa shape index (κ2) is 8.01. The van der Waals surface area contributed by atoms with Crippen molar-refractivity contribution in [2.45, 2.75) is 25.8 Å². The van der Waals surface area contributed by atoms with Crippen LogP contribution in [0.2, 0.25) is 5.02 Å². The number of hydrogen-bond acceptors (Lipinski definition) is 3. The summed E-state index contributed by atoms with van der Waals surface area (Å²) in [5.41, 5.74) is 7.39. The Morgan fingerprint density at radius 3 is 2.71 bits per heavy atom. The first-order valence-electron chi connectivity index (χ1n) is 7.90. The Labute approximate surface area is 153 Å². The lowest BCUT2D eigenvalue weighted by Gasteiger charge is -2.33. The van der Waals surface area contributed by atoms with Crippen LogP contribution in [0.4, 0.5) is 0 Å². The van der Waals surface area contributed by atoms with Gasteiger partial charge < -0.3 is 10.6 Å². The molecule has 0 spiro atoms. The molecule has 3 rings (SSSR count). The highest BCUT2D eigenvalue weighted by atomic mass is 35.5. The first-order chi connectivity index (χ1) is 11.0. The van der Waals surface area contributed by atoms with Gasteiger partial charge in [0.15, 0.2) is 0 Å². The molecule has 0 bridgehead atoms. The van der Waals surface area contributed by atoms with Gasteiger partial charge in [-0.1, -0.05) is 17.7 Å². The summed E-state index contributed by atoms with van der Waals surface area (Å²) in [5.74, 6) is 0.537. The van der Waals surface area contributed by atoms with E-state index in [-0.39, 0.29) is 24.4 Å². The largest absolute Gasteiger partial charge is 0.339 e. The summed E-state index contributed by atoms with van der Waals surface area (Å²) >= 11 is 6.00. The number of hydrogen-bond donors (Lipinski definition) is 1. The molecular formula is C17H22Cl2N4O. The molecular weight excluding hydrogens is 347 g/mol. The number of amides is 1. The summed E-state index contributed by atoms with van der Waals surface area (Å²) in [6.07, 6.45) is 5.30. The molecule has 0 radical (unpaired) electrons. The van der Waals surface area contributed by atoms with E-state index in [9.17, 15) is 4.79 Å². The number of likely N-dealkylation sites (tertiary alicyclic amines) is 1. The molecule has 0 aliphatic carbocycles. The standard InChI is InChI=1S/C17H21ClN4O.ClH/c1-12(19)13-5-7-21(8-6-13)17(23)14-10-20-22(11-14)16-4-2-3-15(18)9-16;/h2-4,9-13H,5-8,19H2,1H3;1H. The number of halogens is 2. The molecule has 130 valence electrons. The molecule has 1 unspecified atom stereocenters. The quantitative estimate of drug-likeness (QED) is 0.904. The normalized spacial score (nSPS) is 16.5. The lowest BCUT2D eigenvalue weighted by Crippen LogP contribution is -2.42. The maximum absolute atomic E-state index is 12.6. The zero-order chi connectivity index (χ0) is 16.4. The van der Waals surface area contributed by atoms with Gasteiger partial charge in [-0.15, -0.1) is 12.4 Å². The molecule has 2 N–H and O–H groups in total. The third kappa shape index (κ3) is 4.09. The summed E-state index contributed by atoms with van der Waals surface area (Å²) in [7, 11) is 0. The van der Waals surface area contributed by atoms with Crippen molar-refractivity contribution in [2.24, 2.45) is 11.7 Å². The van der Waals surface area contributed by atoms with E-state index < -0.39 is 0 Å². The number of benzene rings is 1. The van der Waals surface area contributed by atoms with E-state index in [1.807, 2.05) is 36.1 Å². The third-order valence-electron chi connectivity index (χ3n) is 4.47. The Balaban J connectivity index is 0.00000208. The number of rotatable bonds is 3. The number of aromatic nitrogens is 2. The number of carbonyl (C=O) groups is 1. The number of nitrogens with zero attached hydrogens (tertiary/aromatic N) is 3. The van der Waals surface area contributed by atoms with Crippen LogP contribution < -0.4 is 5.73 Å². The molecule has 0 saturated carbocycles. The van der Waals surface area contributed by atoms with E-state index in [1.54, 1.807) is 17.1 Å².